The lowest BCUT2D eigenvalue weighted by Gasteiger charge is -2.32. The van der Waals surface area contributed by atoms with Crippen molar-refractivity contribution in [1.82, 2.24) is 20.2 Å². The normalized spacial score (nSPS) is 16.1. The largest absolute Gasteiger partial charge is 0.394 e. The van der Waals surface area contributed by atoms with Crippen molar-refractivity contribution < 1.29 is 9.90 Å². The molecular formula is C31H44N4O2. The summed E-state index contributed by atoms with van der Waals surface area (Å²) < 4.78 is 0. The lowest BCUT2D eigenvalue weighted by molar-refractivity contribution is -0.123. The fourth-order valence-electron chi connectivity index (χ4n) is 5.94. The number of aromatic nitrogens is 2. The molecule has 1 atom stereocenters. The summed E-state index contributed by atoms with van der Waals surface area (Å²) in [6.07, 6.45) is 2.89. The van der Waals surface area contributed by atoms with Gasteiger partial charge in [0.2, 0.25) is 5.91 Å². The summed E-state index contributed by atoms with van der Waals surface area (Å²) in [5.74, 6) is 1.35. The summed E-state index contributed by atoms with van der Waals surface area (Å²) in [5.41, 5.74) is 8.43. The number of nitrogens with one attached hydrogen (secondary N) is 2. The fourth-order valence-corrected chi connectivity index (χ4v) is 5.94. The van der Waals surface area contributed by atoms with Crippen LogP contribution in [0.2, 0.25) is 0 Å². The summed E-state index contributed by atoms with van der Waals surface area (Å²) in [7, 11) is 0. The van der Waals surface area contributed by atoms with Crippen molar-refractivity contribution in [3.63, 3.8) is 0 Å². The Kier molecular flexibility index (Phi) is 8.71. The van der Waals surface area contributed by atoms with Crippen LogP contribution in [0.1, 0.15) is 81.3 Å². The van der Waals surface area contributed by atoms with Crippen molar-refractivity contribution in [2.24, 2.45) is 5.92 Å². The molecule has 6 nitrogen and oxygen atoms in total. The van der Waals surface area contributed by atoms with E-state index in [-0.39, 0.29) is 18.6 Å². The quantitative estimate of drug-likeness (QED) is 0.351. The highest BCUT2D eigenvalue weighted by Crippen LogP contribution is 2.38. The van der Waals surface area contributed by atoms with Crippen molar-refractivity contribution in [2.75, 3.05) is 26.2 Å². The lowest BCUT2D eigenvalue weighted by Crippen LogP contribution is -2.45. The molecular weight excluding hydrogens is 460 g/mol. The molecule has 1 aliphatic rings. The van der Waals surface area contributed by atoms with Crippen LogP contribution in [0.5, 0.6) is 0 Å². The predicted molar refractivity (Wildman–Crippen MR) is 152 cm³/mol. The molecule has 1 aromatic carbocycles. The Balaban J connectivity index is 1.47. The number of aryl methyl sites for hydroxylation is 2. The molecule has 4 rings (SSSR count). The number of nitrogens with zero attached hydrogens (tertiary/aromatic N) is 2. The van der Waals surface area contributed by atoms with Crippen LogP contribution >= 0.6 is 0 Å². The SMILES string of the molecule is Cc1cc(-c2[nH]c3ccc(C4CCN(CC(=O)N[C@H](CO)CC(C)C)CC4)cc3c2C(C)C)cc(C)n1. The molecule has 1 amide bonds. The molecule has 0 saturated carbocycles. The second kappa shape index (κ2) is 11.8. The summed E-state index contributed by atoms with van der Waals surface area (Å²) in [6, 6.07) is 11.1. The monoisotopic (exact) mass is 504 g/mol. The van der Waals surface area contributed by atoms with E-state index in [9.17, 15) is 9.90 Å². The maximum Gasteiger partial charge on any atom is 0.234 e. The number of carbonyl (C=O) groups excluding carboxylic acids is 1. The van der Waals surface area contributed by atoms with E-state index in [0.717, 1.165) is 43.7 Å². The third kappa shape index (κ3) is 6.60. The minimum atomic E-state index is -0.155. The van der Waals surface area contributed by atoms with Gasteiger partial charge < -0.3 is 15.4 Å². The highest BCUT2D eigenvalue weighted by atomic mass is 16.3. The maximum atomic E-state index is 12.6. The van der Waals surface area contributed by atoms with E-state index in [1.807, 2.05) is 0 Å². The number of benzene rings is 1. The number of aliphatic hydroxyl groups is 1. The molecule has 0 spiro atoms. The van der Waals surface area contributed by atoms with Gasteiger partial charge in [-0.1, -0.05) is 33.8 Å². The van der Waals surface area contributed by atoms with Crippen LogP contribution in [-0.2, 0) is 4.79 Å². The Labute approximate surface area is 221 Å². The number of hydrogen-bond donors (Lipinski definition) is 3. The number of rotatable bonds is 9. The summed E-state index contributed by atoms with van der Waals surface area (Å²) in [4.78, 5) is 23.1. The van der Waals surface area contributed by atoms with Gasteiger partial charge in [0.15, 0.2) is 0 Å². The van der Waals surface area contributed by atoms with E-state index in [1.54, 1.807) is 0 Å². The van der Waals surface area contributed by atoms with Crippen molar-refractivity contribution in [3.8, 4) is 11.3 Å². The zero-order valence-corrected chi connectivity index (χ0v) is 23.4. The third-order valence-corrected chi connectivity index (χ3v) is 7.58. The molecule has 0 aliphatic carbocycles. The zero-order chi connectivity index (χ0) is 26.7. The molecule has 1 aliphatic heterocycles. The van der Waals surface area contributed by atoms with Crippen LogP contribution in [0.25, 0.3) is 22.2 Å². The molecule has 3 aromatic rings. The number of aromatic amines is 1. The smallest absolute Gasteiger partial charge is 0.234 e. The zero-order valence-electron chi connectivity index (χ0n) is 23.4. The molecule has 37 heavy (non-hydrogen) atoms. The first-order valence-electron chi connectivity index (χ1n) is 13.9. The van der Waals surface area contributed by atoms with Crippen molar-refractivity contribution >= 4 is 16.8 Å². The van der Waals surface area contributed by atoms with Crippen LogP contribution in [0.4, 0.5) is 0 Å². The van der Waals surface area contributed by atoms with Gasteiger partial charge in [0.1, 0.15) is 0 Å². The molecule has 2 aromatic heterocycles. The first kappa shape index (κ1) is 27.3. The number of hydrogen-bond acceptors (Lipinski definition) is 4. The Morgan fingerprint density at radius 3 is 2.38 bits per heavy atom. The average Bonchev–Trinajstić information content (AvgIpc) is 3.22. The molecule has 6 heteroatoms. The molecule has 3 N–H and O–H groups in total. The van der Waals surface area contributed by atoms with Gasteiger partial charge in [-0.2, -0.15) is 0 Å². The highest BCUT2D eigenvalue weighted by Gasteiger charge is 2.24. The molecule has 0 unspecified atom stereocenters. The number of piperidine rings is 1. The van der Waals surface area contributed by atoms with Crippen LogP contribution in [0, 0.1) is 19.8 Å². The minimum Gasteiger partial charge on any atom is -0.394 e. The number of amides is 1. The highest BCUT2D eigenvalue weighted by molar-refractivity contribution is 5.92. The number of pyridine rings is 1. The van der Waals surface area contributed by atoms with E-state index in [0.29, 0.717) is 24.3 Å². The molecule has 1 saturated heterocycles. The number of likely N-dealkylation sites (tertiary alicyclic amines) is 1. The van der Waals surface area contributed by atoms with Crippen molar-refractivity contribution in [2.45, 2.75) is 78.7 Å². The number of H-pyrrole nitrogens is 1. The van der Waals surface area contributed by atoms with Crippen LogP contribution in [0.3, 0.4) is 0 Å². The number of fused-ring (bicyclic) bond motifs is 1. The maximum absolute atomic E-state index is 12.6. The summed E-state index contributed by atoms with van der Waals surface area (Å²) >= 11 is 0. The van der Waals surface area contributed by atoms with Crippen molar-refractivity contribution in [1.29, 1.82) is 0 Å². The van der Waals surface area contributed by atoms with Gasteiger partial charge in [0.05, 0.1) is 24.9 Å². The van der Waals surface area contributed by atoms with E-state index in [1.165, 1.54) is 33.3 Å². The van der Waals surface area contributed by atoms with Crippen LogP contribution < -0.4 is 5.32 Å². The molecule has 0 radical (unpaired) electrons. The summed E-state index contributed by atoms with van der Waals surface area (Å²) in [6.45, 7) is 15.1. The first-order chi connectivity index (χ1) is 17.6. The molecule has 200 valence electrons. The topological polar surface area (TPSA) is 81.2 Å². The number of carbonyl (C=O) groups is 1. The van der Waals surface area contributed by atoms with Gasteiger partial charge in [-0.05, 0) is 99.3 Å². The van der Waals surface area contributed by atoms with Gasteiger partial charge in [0, 0.05) is 27.9 Å². The van der Waals surface area contributed by atoms with E-state index in [4.69, 9.17) is 0 Å². The van der Waals surface area contributed by atoms with E-state index < -0.39 is 0 Å². The van der Waals surface area contributed by atoms with E-state index >= 15 is 0 Å². The average molecular weight is 505 g/mol. The van der Waals surface area contributed by atoms with Gasteiger partial charge in [-0.25, -0.2) is 0 Å². The predicted octanol–water partition coefficient (Wildman–Crippen LogP) is 5.67. The second-order valence-corrected chi connectivity index (χ2v) is 11.6. The summed E-state index contributed by atoms with van der Waals surface area (Å²) in [5, 5.41) is 13.9. The van der Waals surface area contributed by atoms with Gasteiger partial charge in [-0.3, -0.25) is 14.7 Å². The molecule has 1 fully saturated rings. The molecule has 0 bridgehead atoms. The lowest BCUT2D eigenvalue weighted by atomic mass is 9.87. The fraction of sp³-hybridized carbons (Fsp3) is 0.548. The molecule has 3 heterocycles. The van der Waals surface area contributed by atoms with Gasteiger partial charge >= 0.3 is 0 Å². The van der Waals surface area contributed by atoms with Gasteiger partial charge in [-0.15, -0.1) is 0 Å². The Morgan fingerprint density at radius 1 is 1.11 bits per heavy atom. The van der Waals surface area contributed by atoms with E-state index in [2.05, 4.69) is 92.1 Å². The Morgan fingerprint density at radius 2 is 1.78 bits per heavy atom. The van der Waals surface area contributed by atoms with Crippen molar-refractivity contribution in [3.05, 3.63) is 52.8 Å². The minimum absolute atomic E-state index is 0.00587. The van der Waals surface area contributed by atoms with Gasteiger partial charge in [0.25, 0.3) is 0 Å². The third-order valence-electron chi connectivity index (χ3n) is 7.58. The Hall–Kier alpha value is -2.70. The van der Waals surface area contributed by atoms with Crippen LogP contribution in [-0.4, -0.2) is 58.2 Å². The second-order valence-electron chi connectivity index (χ2n) is 11.6. The standard InChI is InChI=1S/C31H44N4O2/c1-19(2)13-26(18-36)33-29(37)17-35-11-9-23(10-12-35)24-7-8-28-27(16-24)30(20(3)4)31(34-28)25-14-21(5)32-22(6)15-25/h7-8,14-16,19-20,23,26,34,36H,9-13,17-18H2,1-6H3,(H,33,37)/t26-/m0/s1. The van der Waals surface area contributed by atoms with Crippen LogP contribution in [0.15, 0.2) is 30.3 Å². The number of aliphatic hydroxyl groups excluding tert-OH is 1. The Bertz CT molecular complexity index is 1200. The first-order valence-corrected chi connectivity index (χ1v) is 13.9.